The summed E-state index contributed by atoms with van der Waals surface area (Å²) in [7, 11) is 0. The Kier molecular flexibility index (Phi) is 15.6. The lowest BCUT2D eigenvalue weighted by molar-refractivity contribution is -0.121. The Morgan fingerprint density at radius 2 is 1.41 bits per heavy atom. The van der Waals surface area contributed by atoms with E-state index in [2.05, 4.69) is 33.4 Å². The number of unbranched alkanes of at least 4 members (excludes halogenated alkanes) is 12. The van der Waals surface area contributed by atoms with Crippen molar-refractivity contribution < 1.29 is 14.3 Å². The third kappa shape index (κ3) is 13.6. The Hall–Kier alpha value is -2.47. The van der Waals surface area contributed by atoms with E-state index >= 15 is 0 Å². The van der Waals surface area contributed by atoms with Crippen LogP contribution in [0.3, 0.4) is 0 Å². The molecule has 202 valence electrons. The van der Waals surface area contributed by atoms with Crippen LogP contribution in [-0.2, 0) is 4.79 Å². The Labute approximate surface area is 231 Å². The molecule has 0 aliphatic rings. The van der Waals surface area contributed by atoms with Gasteiger partial charge in [0, 0.05) is 16.5 Å². The Bertz CT molecular complexity index is 973. The molecule has 0 aliphatic carbocycles. The highest BCUT2D eigenvalue weighted by Gasteiger charge is 2.11. The van der Waals surface area contributed by atoms with Gasteiger partial charge in [-0.1, -0.05) is 118 Å². The number of hydrogen-bond acceptors (Lipinski definition) is 4. The summed E-state index contributed by atoms with van der Waals surface area (Å²) in [5, 5.41) is 4.08. The number of ether oxygens (including phenoxy) is 1. The van der Waals surface area contributed by atoms with Crippen molar-refractivity contribution in [3.05, 3.63) is 63.6 Å². The molecule has 0 saturated heterocycles. The van der Waals surface area contributed by atoms with E-state index in [0.717, 1.165) is 22.9 Å². The topological polar surface area (TPSA) is 67.8 Å². The van der Waals surface area contributed by atoms with Crippen LogP contribution >= 0.6 is 15.9 Å². The number of rotatable bonds is 18. The largest absolute Gasteiger partial charge is 0.422 e. The minimum atomic E-state index is -0.441. The summed E-state index contributed by atoms with van der Waals surface area (Å²) in [6.07, 6.45) is 18.6. The number of carbonyl (C=O) groups excluding carboxylic acids is 2. The maximum Gasteiger partial charge on any atom is 0.343 e. The summed E-state index contributed by atoms with van der Waals surface area (Å²) >= 11 is 3.43. The summed E-state index contributed by atoms with van der Waals surface area (Å²) in [4.78, 5) is 24.7. The van der Waals surface area contributed by atoms with Crippen molar-refractivity contribution in [1.29, 1.82) is 0 Å². The lowest BCUT2D eigenvalue weighted by Gasteiger charge is -2.08. The molecule has 0 aromatic heterocycles. The number of halogens is 1. The van der Waals surface area contributed by atoms with Gasteiger partial charge in [0.15, 0.2) is 0 Å². The molecule has 0 aliphatic heterocycles. The smallest absolute Gasteiger partial charge is 0.343 e. The molecule has 37 heavy (non-hydrogen) atoms. The molecule has 0 fully saturated rings. The second-order valence-corrected chi connectivity index (χ2v) is 10.6. The average Bonchev–Trinajstić information content (AvgIpc) is 2.88. The Morgan fingerprint density at radius 3 is 2.00 bits per heavy atom. The number of nitrogens with zero attached hydrogens (tertiary/aromatic N) is 1. The molecular weight excluding hydrogens is 528 g/mol. The molecular formula is C31H43BrN2O3. The Balaban J connectivity index is 1.63. The molecule has 0 saturated carbocycles. The van der Waals surface area contributed by atoms with Gasteiger partial charge in [0.25, 0.3) is 0 Å². The first-order chi connectivity index (χ1) is 18.0. The van der Waals surface area contributed by atoms with E-state index in [1.165, 1.54) is 76.8 Å². The van der Waals surface area contributed by atoms with Crippen LogP contribution in [0, 0.1) is 6.92 Å². The van der Waals surface area contributed by atoms with Crippen LogP contribution in [0.1, 0.15) is 118 Å². The standard InChI is InChI=1S/C31H43BrN2O3/c1-3-4-5-6-7-8-9-10-11-12-13-14-15-16-30(35)34-33-24-27-23-28(32)21-22-29(27)37-31(36)26-19-17-25(2)18-20-26/h17-24H,3-16H2,1-2H3,(H,34,35). The van der Waals surface area contributed by atoms with Gasteiger partial charge in [-0.15, -0.1) is 0 Å². The number of aryl methyl sites for hydroxylation is 1. The molecule has 0 atom stereocenters. The highest BCUT2D eigenvalue weighted by molar-refractivity contribution is 9.10. The quantitative estimate of drug-likeness (QED) is 0.0639. The molecule has 2 aromatic carbocycles. The fourth-order valence-electron chi connectivity index (χ4n) is 4.09. The fraction of sp³-hybridized carbons (Fsp3) is 0.516. The van der Waals surface area contributed by atoms with Crippen molar-refractivity contribution in [1.82, 2.24) is 5.43 Å². The predicted molar refractivity (Wildman–Crippen MR) is 156 cm³/mol. The maximum absolute atomic E-state index is 12.5. The summed E-state index contributed by atoms with van der Waals surface area (Å²) in [6, 6.07) is 12.5. The van der Waals surface area contributed by atoms with Crippen molar-refractivity contribution in [3.63, 3.8) is 0 Å². The van der Waals surface area contributed by atoms with Crippen molar-refractivity contribution in [2.45, 2.75) is 104 Å². The molecule has 2 aromatic rings. The van der Waals surface area contributed by atoms with Crippen LogP contribution < -0.4 is 10.2 Å². The van der Waals surface area contributed by atoms with Crippen LogP contribution in [0.25, 0.3) is 0 Å². The highest BCUT2D eigenvalue weighted by Crippen LogP contribution is 2.23. The first-order valence-electron chi connectivity index (χ1n) is 13.9. The van der Waals surface area contributed by atoms with Gasteiger partial charge in [0.2, 0.25) is 5.91 Å². The van der Waals surface area contributed by atoms with Crippen LogP contribution in [0.4, 0.5) is 0 Å². The zero-order valence-corrected chi connectivity index (χ0v) is 24.2. The molecule has 1 amide bonds. The van der Waals surface area contributed by atoms with Gasteiger partial charge in [-0.05, 0) is 43.7 Å². The zero-order chi connectivity index (χ0) is 26.7. The van der Waals surface area contributed by atoms with Gasteiger partial charge in [-0.3, -0.25) is 4.79 Å². The number of nitrogens with one attached hydrogen (secondary N) is 1. The number of carbonyl (C=O) groups is 2. The van der Waals surface area contributed by atoms with Gasteiger partial charge in [0.05, 0.1) is 11.8 Å². The van der Waals surface area contributed by atoms with E-state index in [4.69, 9.17) is 4.74 Å². The summed E-state index contributed by atoms with van der Waals surface area (Å²) in [6.45, 7) is 4.22. The number of esters is 1. The maximum atomic E-state index is 12.5. The number of hydrazone groups is 1. The van der Waals surface area contributed by atoms with E-state index in [9.17, 15) is 9.59 Å². The molecule has 5 nitrogen and oxygen atoms in total. The number of hydrogen-bond donors (Lipinski definition) is 1. The van der Waals surface area contributed by atoms with Crippen molar-refractivity contribution >= 4 is 34.0 Å². The van der Waals surface area contributed by atoms with Gasteiger partial charge < -0.3 is 4.74 Å². The second-order valence-electron chi connectivity index (χ2n) is 9.72. The molecule has 0 heterocycles. The molecule has 0 radical (unpaired) electrons. The third-order valence-electron chi connectivity index (χ3n) is 6.36. The van der Waals surface area contributed by atoms with E-state index in [0.29, 0.717) is 23.3 Å². The second kappa shape index (κ2) is 18.7. The van der Waals surface area contributed by atoms with Crippen LogP contribution in [-0.4, -0.2) is 18.1 Å². The SMILES string of the molecule is CCCCCCCCCCCCCCCC(=O)NN=Cc1cc(Br)ccc1OC(=O)c1ccc(C)cc1. The minimum Gasteiger partial charge on any atom is -0.422 e. The highest BCUT2D eigenvalue weighted by atomic mass is 79.9. The van der Waals surface area contributed by atoms with Crippen molar-refractivity contribution in [3.8, 4) is 5.75 Å². The van der Waals surface area contributed by atoms with Crippen molar-refractivity contribution in [2.75, 3.05) is 0 Å². The summed E-state index contributed by atoms with van der Waals surface area (Å²) < 4.78 is 6.39. The molecule has 6 heteroatoms. The van der Waals surface area contributed by atoms with E-state index in [1.807, 2.05) is 19.1 Å². The summed E-state index contributed by atoms with van der Waals surface area (Å²) in [5.41, 5.74) is 4.73. The molecule has 0 spiro atoms. The first-order valence-corrected chi connectivity index (χ1v) is 14.7. The number of amides is 1. The zero-order valence-electron chi connectivity index (χ0n) is 22.6. The lowest BCUT2D eigenvalue weighted by atomic mass is 10.0. The fourth-order valence-corrected chi connectivity index (χ4v) is 4.47. The van der Waals surface area contributed by atoms with Crippen molar-refractivity contribution in [2.24, 2.45) is 5.10 Å². The monoisotopic (exact) mass is 570 g/mol. The van der Waals surface area contributed by atoms with Crippen LogP contribution in [0.5, 0.6) is 5.75 Å². The normalized spacial score (nSPS) is 11.1. The van der Waals surface area contributed by atoms with E-state index < -0.39 is 5.97 Å². The first kappa shape index (κ1) is 30.8. The molecule has 0 unspecified atom stereocenters. The summed E-state index contributed by atoms with van der Waals surface area (Å²) in [5.74, 6) is -0.167. The molecule has 0 bridgehead atoms. The van der Waals surface area contributed by atoms with E-state index in [1.54, 1.807) is 30.3 Å². The van der Waals surface area contributed by atoms with Gasteiger partial charge >= 0.3 is 5.97 Å². The van der Waals surface area contributed by atoms with Gasteiger partial charge in [-0.25, -0.2) is 10.2 Å². The lowest BCUT2D eigenvalue weighted by Crippen LogP contribution is -2.17. The molecule has 2 rings (SSSR count). The van der Waals surface area contributed by atoms with Crippen LogP contribution in [0.15, 0.2) is 52.0 Å². The molecule has 1 N–H and O–H groups in total. The van der Waals surface area contributed by atoms with Gasteiger partial charge in [0.1, 0.15) is 5.75 Å². The Morgan fingerprint density at radius 1 is 0.838 bits per heavy atom. The van der Waals surface area contributed by atoms with E-state index in [-0.39, 0.29) is 5.91 Å². The third-order valence-corrected chi connectivity index (χ3v) is 6.86. The predicted octanol–water partition coefficient (Wildman–Crippen LogP) is 8.91. The average molecular weight is 572 g/mol. The van der Waals surface area contributed by atoms with Crippen LogP contribution in [0.2, 0.25) is 0 Å². The minimum absolute atomic E-state index is 0.104. The number of benzene rings is 2. The van der Waals surface area contributed by atoms with Gasteiger partial charge in [-0.2, -0.15) is 5.10 Å².